The van der Waals surface area contributed by atoms with Crippen LogP contribution < -0.4 is 0 Å². The molecule has 1 aliphatic rings. The summed E-state index contributed by atoms with van der Waals surface area (Å²) in [6.45, 7) is 1.65. The van der Waals surface area contributed by atoms with Gasteiger partial charge in [0.25, 0.3) is 0 Å². The van der Waals surface area contributed by atoms with E-state index < -0.39 is 0 Å². The van der Waals surface area contributed by atoms with Crippen molar-refractivity contribution in [1.29, 1.82) is 0 Å². The Hall–Kier alpha value is -1.80. The first-order valence-electron chi connectivity index (χ1n) is 6.81. The van der Waals surface area contributed by atoms with Crippen LogP contribution in [0.25, 0.3) is 5.57 Å². The second kappa shape index (κ2) is 5.68. The fourth-order valence-electron chi connectivity index (χ4n) is 2.54. The van der Waals surface area contributed by atoms with E-state index >= 15 is 0 Å². The molecule has 0 fully saturated rings. The maximum absolute atomic E-state index is 11.7. The van der Waals surface area contributed by atoms with Gasteiger partial charge in [0, 0.05) is 15.4 Å². The number of hydrogen-bond acceptors (Lipinski definition) is 2. The standard InChI is InChI=1S/C18H16OS/c1-13(19)17-9-5-6-14-12-16(10-11-18(14)17)20-15-7-3-2-4-8-15/h2-4,7-12H,5-6H2,1H3. The third-order valence-corrected chi connectivity index (χ3v) is 4.48. The van der Waals surface area contributed by atoms with Crippen LogP contribution in [-0.2, 0) is 11.2 Å². The van der Waals surface area contributed by atoms with Gasteiger partial charge in [-0.2, -0.15) is 0 Å². The molecule has 0 radical (unpaired) electrons. The van der Waals surface area contributed by atoms with Gasteiger partial charge < -0.3 is 0 Å². The molecule has 1 nitrogen and oxygen atoms in total. The lowest BCUT2D eigenvalue weighted by Crippen LogP contribution is -2.05. The highest BCUT2D eigenvalue weighted by Crippen LogP contribution is 2.33. The molecule has 0 N–H and O–H groups in total. The summed E-state index contributed by atoms with van der Waals surface area (Å²) in [7, 11) is 0. The van der Waals surface area contributed by atoms with Crippen molar-refractivity contribution < 1.29 is 4.79 Å². The maximum Gasteiger partial charge on any atom is 0.160 e. The van der Waals surface area contributed by atoms with E-state index in [2.05, 4.69) is 48.5 Å². The minimum absolute atomic E-state index is 0.161. The van der Waals surface area contributed by atoms with Gasteiger partial charge in [-0.1, -0.05) is 42.1 Å². The normalized spacial score (nSPS) is 13.6. The van der Waals surface area contributed by atoms with Crippen molar-refractivity contribution in [2.75, 3.05) is 0 Å². The Kier molecular flexibility index (Phi) is 3.75. The van der Waals surface area contributed by atoms with Crippen molar-refractivity contribution in [2.45, 2.75) is 29.6 Å². The molecule has 0 aliphatic heterocycles. The monoisotopic (exact) mass is 280 g/mol. The molecule has 0 atom stereocenters. The van der Waals surface area contributed by atoms with Crippen molar-refractivity contribution >= 4 is 23.1 Å². The number of benzene rings is 2. The maximum atomic E-state index is 11.7. The van der Waals surface area contributed by atoms with Gasteiger partial charge in [-0.3, -0.25) is 4.79 Å². The van der Waals surface area contributed by atoms with Crippen LogP contribution in [0.3, 0.4) is 0 Å². The first-order valence-corrected chi connectivity index (χ1v) is 7.63. The summed E-state index contributed by atoms with van der Waals surface area (Å²) >= 11 is 1.77. The summed E-state index contributed by atoms with van der Waals surface area (Å²) in [5.74, 6) is 0.161. The van der Waals surface area contributed by atoms with E-state index in [0.29, 0.717) is 0 Å². The lowest BCUT2D eigenvalue weighted by atomic mass is 9.89. The quantitative estimate of drug-likeness (QED) is 0.806. The predicted octanol–water partition coefficient (Wildman–Crippen LogP) is 4.76. The molecule has 0 bridgehead atoms. The van der Waals surface area contributed by atoms with Crippen LogP contribution in [0.15, 0.2) is 64.4 Å². The number of carbonyl (C=O) groups is 1. The summed E-state index contributed by atoms with van der Waals surface area (Å²) < 4.78 is 0. The Bertz CT molecular complexity index is 671. The van der Waals surface area contributed by atoms with Crippen LogP contribution in [0.4, 0.5) is 0 Å². The molecule has 2 aromatic rings. The predicted molar refractivity (Wildman–Crippen MR) is 84.0 cm³/mol. The van der Waals surface area contributed by atoms with Gasteiger partial charge in [-0.25, -0.2) is 0 Å². The second-order valence-electron chi connectivity index (χ2n) is 4.95. The van der Waals surface area contributed by atoms with Crippen molar-refractivity contribution in [3.63, 3.8) is 0 Å². The molecule has 100 valence electrons. The molecule has 0 unspecified atom stereocenters. The first kappa shape index (κ1) is 13.2. The fourth-order valence-corrected chi connectivity index (χ4v) is 3.45. The van der Waals surface area contributed by atoms with Crippen molar-refractivity contribution in [2.24, 2.45) is 0 Å². The minimum atomic E-state index is 0.161. The molecular formula is C18H16OS. The zero-order chi connectivity index (χ0) is 13.9. The van der Waals surface area contributed by atoms with Crippen LogP contribution in [0.5, 0.6) is 0 Å². The van der Waals surface area contributed by atoms with Crippen LogP contribution in [0, 0.1) is 0 Å². The summed E-state index contributed by atoms with van der Waals surface area (Å²) in [4.78, 5) is 14.1. The van der Waals surface area contributed by atoms with Crippen LogP contribution in [0.1, 0.15) is 24.5 Å². The van der Waals surface area contributed by atoms with Gasteiger partial charge in [0.15, 0.2) is 5.78 Å². The number of ketones is 1. The van der Waals surface area contributed by atoms with E-state index in [1.165, 1.54) is 15.4 Å². The molecule has 3 rings (SSSR count). The number of Topliss-reactive ketones (excluding diaryl/α,β-unsaturated/α-hetero) is 1. The number of carbonyl (C=O) groups excluding carboxylic acids is 1. The van der Waals surface area contributed by atoms with Crippen molar-refractivity contribution in [3.8, 4) is 0 Å². The summed E-state index contributed by atoms with van der Waals surface area (Å²) in [6, 6.07) is 16.8. The SMILES string of the molecule is CC(=O)C1=CCCc2cc(Sc3ccccc3)ccc21. The highest BCUT2D eigenvalue weighted by molar-refractivity contribution is 7.99. The zero-order valence-electron chi connectivity index (χ0n) is 11.4. The molecular weight excluding hydrogens is 264 g/mol. The van der Waals surface area contributed by atoms with Gasteiger partial charge >= 0.3 is 0 Å². The van der Waals surface area contributed by atoms with Crippen LogP contribution in [0.2, 0.25) is 0 Å². The summed E-state index contributed by atoms with van der Waals surface area (Å²) in [5, 5.41) is 0. The molecule has 1 aliphatic carbocycles. The number of aryl methyl sites for hydroxylation is 1. The first-order chi connectivity index (χ1) is 9.74. The number of rotatable bonds is 3. The molecule has 0 amide bonds. The van der Waals surface area contributed by atoms with Crippen LogP contribution in [-0.4, -0.2) is 5.78 Å². The van der Waals surface area contributed by atoms with E-state index in [9.17, 15) is 4.79 Å². The molecule has 2 heteroatoms. The third kappa shape index (κ3) is 2.70. The summed E-state index contributed by atoms with van der Waals surface area (Å²) in [6.07, 6.45) is 4.05. The molecule has 20 heavy (non-hydrogen) atoms. The Balaban J connectivity index is 1.91. The van der Waals surface area contributed by atoms with Crippen molar-refractivity contribution in [3.05, 3.63) is 65.7 Å². The Morgan fingerprint density at radius 1 is 1.05 bits per heavy atom. The molecule has 0 heterocycles. The largest absolute Gasteiger partial charge is 0.295 e. The van der Waals surface area contributed by atoms with Gasteiger partial charge in [0.1, 0.15) is 0 Å². The van der Waals surface area contributed by atoms with Gasteiger partial charge in [-0.15, -0.1) is 0 Å². The topological polar surface area (TPSA) is 17.1 Å². The minimum Gasteiger partial charge on any atom is -0.295 e. The van der Waals surface area contributed by atoms with E-state index in [0.717, 1.165) is 24.0 Å². The lowest BCUT2D eigenvalue weighted by molar-refractivity contribution is -0.111. The second-order valence-corrected chi connectivity index (χ2v) is 6.09. The Labute approximate surface area is 123 Å². The fraction of sp³-hybridized carbons (Fsp3) is 0.167. The van der Waals surface area contributed by atoms with Crippen molar-refractivity contribution in [1.82, 2.24) is 0 Å². The molecule has 0 aromatic heterocycles. The Morgan fingerprint density at radius 2 is 1.85 bits per heavy atom. The van der Waals surface area contributed by atoms with Gasteiger partial charge in [0.2, 0.25) is 0 Å². The van der Waals surface area contributed by atoms with Gasteiger partial charge in [-0.05, 0) is 55.2 Å². The van der Waals surface area contributed by atoms with Gasteiger partial charge in [0.05, 0.1) is 0 Å². The molecule has 0 saturated heterocycles. The molecule has 2 aromatic carbocycles. The third-order valence-electron chi connectivity index (χ3n) is 3.49. The highest BCUT2D eigenvalue weighted by atomic mass is 32.2. The lowest BCUT2D eigenvalue weighted by Gasteiger charge is -2.17. The van der Waals surface area contributed by atoms with E-state index in [1.54, 1.807) is 18.7 Å². The number of fused-ring (bicyclic) bond motifs is 1. The number of allylic oxidation sites excluding steroid dienone is 2. The molecule has 0 saturated carbocycles. The number of hydrogen-bond donors (Lipinski definition) is 0. The van der Waals surface area contributed by atoms with Crippen LogP contribution >= 0.6 is 11.8 Å². The average Bonchev–Trinajstić information content (AvgIpc) is 2.47. The van der Waals surface area contributed by atoms with E-state index in [4.69, 9.17) is 0 Å². The smallest absolute Gasteiger partial charge is 0.160 e. The average molecular weight is 280 g/mol. The van der Waals surface area contributed by atoms with E-state index in [1.807, 2.05) is 6.07 Å². The zero-order valence-corrected chi connectivity index (χ0v) is 12.2. The van der Waals surface area contributed by atoms with E-state index in [-0.39, 0.29) is 5.78 Å². The highest BCUT2D eigenvalue weighted by Gasteiger charge is 2.16. The summed E-state index contributed by atoms with van der Waals surface area (Å²) in [5.41, 5.74) is 3.28. The Morgan fingerprint density at radius 3 is 2.60 bits per heavy atom. The molecule has 0 spiro atoms.